The second kappa shape index (κ2) is 4.39. The molecule has 1 aromatic rings. The molecule has 76 valence electrons. The summed E-state index contributed by atoms with van der Waals surface area (Å²) in [4.78, 5) is 4.10. The molecule has 1 saturated heterocycles. The van der Waals surface area contributed by atoms with E-state index >= 15 is 0 Å². The predicted molar refractivity (Wildman–Crippen MR) is 52.0 cm³/mol. The van der Waals surface area contributed by atoms with Gasteiger partial charge in [-0.3, -0.25) is 4.98 Å². The molecule has 2 heterocycles. The van der Waals surface area contributed by atoms with Crippen molar-refractivity contribution in [2.24, 2.45) is 5.73 Å². The molecular formula is C10H14N2O2. The fourth-order valence-electron chi connectivity index (χ4n) is 1.44. The lowest BCUT2D eigenvalue weighted by Gasteiger charge is -2.11. The highest BCUT2D eigenvalue weighted by Gasteiger charge is 2.16. The molecule has 1 aliphatic heterocycles. The van der Waals surface area contributed by atoms with Crippen molar-refractivity contribution in [2.75, 3.05) is 13.2 Å². The Labute approximate surface area is 83.0 Å². The number of pyridine rings is 1. The highest BCUT2D eigenvalue weighted by molar-refractivity contribution is 5.22. The number of ether oxygens (including phenoxy) is 2. The number of hydrogen-bond acceptors (Lipinski definition) is 4. The maximum atomic E-state index is 5.70. The summed E-state index contributed by atoms with van der Waals surface area (Å²) >= 11 is 0. The molecule has 2 rings (SSSR count). The van der Waals surface area contributed by atoms with Gasteiger partial charge in [-0.15, -0.1) is 0 Å². The molecule has 0 bridgehead atoms. The van der Waals surface area contributed by atoms with Crippen LogP contribution in [-0.4, -0.2) is 24.3 Å². The SMILES string of the molecule is NCc1cc(OC2CCOC2)ccn1. The second-order valence-corrected chi connectivity index (χ2v) is 3.29. The van der Waals surface area contributed by atoms with Crippen LogP contribution in [0.5, 0.6) is 5.75 Å². The summed E-state index contributed by atoms with van der Waals surface area (Å²) in [5.74, 6) is 0.830. The van der Waals surface area contributed by atoms with Gasteiger partial charge in [0.25, 0.3) is 0 Å². The van der Waals surface area contributed by atoms with Gasteiger partial charge in [-0.25, -0.2) is 0 Å². The maximum absolute atomic E-state index is 5.70. The Hall–Kier alpha value is -1.13. The van der Waals surface area contributed by atoms with Crippen molar-refractivity contribution in [3.05, 3.63) is 24.0 Å². The van der Waals surface area contributed by atoms with Crippen LogP contribution in [0.4, 0.5) is 0 Å². The molecular weight excluding hydrogens is 180 g/mol. The first-order valence-electron chi connectivity index (χ1n) is 4.78. The third-order valence-electron chi connectivity index (χ3n) is 2.19. The smallest absolute Gasteiger partial charge is 0.124 e. The first-order valence-corrected chi connectivity index (χ1v) is 4.78. The lowest BCUT2D eigenvalue weighted by molar-refractivity contribution is 0.141. The topological polar surface area (TPSA) is 57.4 Å². The Morgan fingerprint density at radius 2 is 2.57 bits per heavy atom. The van der Waals surface area contributed by atoms with Gasteiger partial charge in [-0.2, -0.15) is 0 Å². The van der Waals surface area contributed by atoms with Crippen LogP contribution in [0, 0.1) is 0 Å². The molecule has 0 aliphatic carbocycles. The minimum atomic E-state index is 0.183. The van der Waals surface area contributed by atoms with Crippen LogP contribution >= 0.6 is 0 Å². The van der Waals surface area contributed by atoms with E-state index in [-0.39, 0.29) is 6.10 Å². The van der Waals surface area contributed by atoms with Crippen molar-refractivity contribution in [1.29, 1.82) is 0 Å². The quantitative estimate of drug-likeness (QED) is 0.769. The highest BCUT2D eigenvalue weighted by atomic mass is 16.5. The summed E-state index contributed by atoms with van der Waals surface area (Å²) < 4.78 is 10.9. The Bertz CT molecular complexity index is 298. The zero-order chi connectivity index (χ0) is 9.80. The Morgan fingerprint density at radius 1 is 1.64 bits per heavy atom. The van der Waals surface area contributed by atoms with Gasteiger partial charge in [-0.05, 0) is 6.07 Å². The fourth-order valence-corrected chi connectivity index (χ4v) is 1.44. The number of nitrogens with two attached hydrogens (primary N) is 1. The molecule has 1 atom stereocenters. The maximum Gasteiger partial charge on any atom is 0.124 e. The normalized spacial score (nSPS) is 21.1. The summed E-state index contributed by atoms with van der Waals surface area (Å²) in [6, 6.07) is 3.72. The fraction of sp³-hybridized carbons (Fsp3) is 0.500. The first kappa shape index (κ1) is 9.43. The molecule has 1 unspecified atom stereocenters. The standard InChI is InChI=1S/C10H14N2O2/c11-6-8-5-9(1-3-12-8)14-10-2-4-13-7-10/h1,3,5,10H,2,4,6-7,11H2. The molecule has 1 aromatic heterocycles. The molecule has 1 fully saturated rings. The van der Waals surface area contributed by atoms with Crippen molar-refractivity contribution >= 4 is 0 Å². The number of hydrogen-bond donors (Lipinski definition) is 1. The van der Waals surface area contributed by atoms with Gasteiger partial charge in [0, 0.05) is 25.2 Å². The summed E-state index contributed by atoms with van der Waals surface area (Å²) in [5, 5.41) is 0. The average molecular weight is 194 g/mol. The third-order valence-corrected chi connectivity index (χ3v) is 2.19. The lowest BCUT2D eigenvalue weighted by Crippen LogP contribution is -2.16. The Kier molecular flexibility index (Phi) is 2.96. The molecule has 0 aromatic carbocycles. The Morgan fingerprint density at radius 3 is 3.29 bits per heavy atom. The number of nitrogens with zero attached hydrogens (tertiary/aromatic N) is 1. The average Bonchev–Trinajstić information content (AvgIpc) is 2.71. The van der Waals surface area contributed by atoms with Gasteiger partial charge >= 0.3 is 0 Å². The summed E-state index contributed by atoms with van der Waals surface area (Å²) in [5.41, 5.74) is 6.33. The summed E-state index contributed by atoms with van der Waals surface area (Å²) in [6.07, 6.45) is 2.86. The van der Waals surface area contributed by atoms with Gasteiger partial charge in [0.1, 0.15) is 11.9 Å². The molecule has 4 heteroatoms. The van der Waals surface area contributed by atoms with E-state index in [2.05, 4.69) is 4.98 Å². The largest absolute Gasteiger partial charge is 0.488 e. The monoisotopic (exact) mass is 194 g/mol. The molecule has 0 amide bonds. The zero-order valence-corrected chi connectivity index (χ0v) is 7.98. The lowest BCUT2D eigenvalue weighted by atomic mass is 10.3. The van der Waals surface area contributed by atoms with Crippen molar-refractivity contribution in [3.63, 3.8) is 0 Å². The number of rotatable bonds is 3. The number of aromatic nitrogens is 1. The van der Waals surface area contributed by atoms with E-state index in [4.69, 9.17) is 15.2 Å². The summed E-state index contributed by atoms with van der Waals surface area (Å²) in [6.45, 7) is 1.91. The summed E-state index contributed by atoms with van der Waals surface area (Å²) in [7, 11) is 0. The van der Waals surface area contributed by atoms with Crippen LogP contribution in [-0.2, 0) is 11.3 Å². The van der Waals surface area contributed by atoms with Gasteiger partial charge in [0.05, 0.1) is 18.9 Å². The Balaban J connectivity index is 2.00. The first-order chi connectivity index (χ1) is 6.88. The van der Waals surface area contributed by atoms with Crippen LogP contribution in [0.25, 0.3) is 0 Å². The molecule has 1 aliphatic rings. The van der Waals surface area contributed by atoms with E-state index in [0.29, 0.717) is 13.2 Å². The van der Waals surface area contributed by atoms with Crippen LogP contribution in [0.3, 0.4) is 0 Å². The van der Waals surface area contributed by atoms with Gasteiger partial charge in [0.15, 0.2) is 0 Å². The van der Waals surface area contributed by atoms with Crippen molar-refractivity contribution in [3.8, 4) is 5.75 Å². The third kappa shape index (κ3) is 2.21. The van der Waals surface area contributed by atoms with Crippen LogP contribution in [0.1, 0.15) is 12.1 Å². The van der Waals surface area contributed by atoms with Crippen molar-refractivity contribution in [1.82, 2.24) is 4.98 Å². The molecule has 14 heavy (non-hydrogen) atoms. The van der Waals surface area contributed by atoms with Crippen molar-refractivity contribution in [2.45, 2.75) is 19.1 Å². The molecule has 0 spiro atoms. The highest BCUT2D eigenvalue weighted by Crippen LogP contribution is 2.16. The molecule has 0 saturated carbocycles. The van der Waals surface area contributed by atoms with E-state index in [1.54, 1.807) is 6.20 Å². The van der Waals surface area contributed by atoms with Crippen LogP contribution in [0.15, 0.2) is 18.3 Å². The van der Waals surface area contributed by atoms with Crippen LogP contribution < -0.4 is 10.5 Å². The molecule has 0 radical (unpaired) electrons. The van der Waals surface area contributed by atoms with Crippen LogP contribution in [0.2, 0.25) is 0 Å². The van der Waals surface area contributed by atoms with Crippen molar-refractivity contribution < 1.29 is 9.47 Å². The predicted octanol–water partition coefficient (Wildman–Crippen LogP) is 0.708. The van der Waals surface area contributed by atoms with E-state index in [1.807, 2.05) is 12.1 Å². The van der Waals surface area contributed by atoms with E-state index in [0.717, 1.165) is 24.5 Å². The van der Waals surface area contributed by atoms with Gasteiger partial charge < -0.3 is 15.2 Å². The van der Waals surface area contributed by atoms with E-state index < -0.39 is 0 Å². The van der Waals surface area contributed by atoms with Gasteiger partial charge in [0.2, 0.25) is 0 Å². The zero-order valence-electron chi connectivity index (χ0n) is 7.98. The molecule has 2 N–H and O–H groups in total. The van der Waals surface area contributed by atoms with Gasteiger partial charge in [-0.1, -0.05) is 0 Å². The molecule has 4 nitrogen and oxygen atoms in total. The van der Waals surface area contributed by atoms with E-state index in [1.165, 1.54) is 0 Å². The van der Waals surface area contributed by atoms with E-state index in [9.17, 15) is 0 Å². The minimum absolute atomic E-state index is 0.183. The minimum Gasteiger partial charge on any atom is -0.488 e. The second-order valence-electron chi connectivity index (χ2n) is 3.29.